The van der Waals surface area contributed by atoms with Crippen LogP contribution in [0.5, 0.6) is 0 Å². The number of hydrogen-bond acceptors (Lipinski definition) is 6. The standard InChI is InChI=1S/C29H37N7O2/c1-19-14-20(5-9-33-19)24-15-21-4-3-10-36(27(21)16-22(24)17-30)28(31)25-18-35(29(37)32-2)11-6-26(25)34-23-7-12-38-13-8-23/h5,9,14,16,23-24,31,34H,3-4,6-8,10-13,15,18H2,1-2H3,(H,32,37). The summed E-state index contributed by atoms with van der Waals surface area (Å²) in [6, 6.07) is 6.71. The molecular formula is C29H37N7O2. The number of nitriles is 1. The van der Waals surface area contributed by atoms with Crippen molar-refractivity contribution in [2.24, 2.45) is 0 Å². The monoisotopic (exact) mass is 515 g/mol. The van der Waals surface area contributed by atoms with E-state index in [2.05, 4.69) is 32.7 Å². The second kappa shape index (κ2) is 11.4. The lowest BCUT2D eigenvalue weighted by atomic mass is 9.79. The Bertz CT molecular complexity index is 1240. The molecule has 5 rings (SSSR count). The normalized spacial score (nSPS) is 22.4. The molecule has 0 aromatic carbocycles. The van der Waals surface area contributed by atoms with Crippen molar-refractivity contribution in [1.82, 2.24) is 25.4 Å². The fraction of sp³-hybridized carbons (Fsp3) is 0.517. The summed E-state index contributed by atoms with van der Waals surface area (Å²) in [4.78, 5) is 20.7. The third-order valence-electron chi connectivity index (χ3n) is 8.09. The summed E-state index contributed by atoms with van der Waals surface area (Å²) < 4.78 is 5.54. The highest BCUT2D eigenvalue weighted by Gasteiger charge is 2.34. The molecule has 1 fully saturated rings. The summed E-state index contributed by atoms with van der Waals surface area (Å²) in [6.07, 6.45) is 9.06. The van der Waals surface area contributed by atoms with Crippen LogP contribution in [0.25, 0.3) is 0 Å². The van der Waals surface area contributed by atoms with Gasteiger partial charge in [0, 0.05) is 86.2 Å². The number of aromatic nitrogens is 1. The first-order chi connectivity index (χ1) is 18.5. The molecule has 38 heavy (non-hydrogen) atoms. The molecule has 0 saturated carbocycles. The van der Waals surface area contributed by atoms with Crippen molar-refractivity contribution >= 4 is 11.9 Å². The second-order valence-electron chi connectivity index (χ2n) is 10.5. The molecule has 3 N–H and O–H groups in total. The summed E-state index contributed by atoms with van der Waals surface area (Å²) in [5, 5.41) is 25.9. The van der Waals surface area contributed by atoms with E-state index in [9.17, 15) is 15.5 Å². The highest BCUT2D eigenvalue weighted by atomic mass is 16.5. The smallest absolute Gasteiger partial charge is 0.317 e. The van der Waals surface area contributed by atoms with Crippen molar-refractivity contribution < 1.29 is 9.53 Å². The molecule has 4 aliphatic rings. The lowest BCUT2D eigenvalue weighted by Gasteiger charge is -2.40. The van der Waals surface area contributed by atoms with Gasteiger partial charge in [-0.05, 0) is 68.4 Å². The van der Waals surface area contributed by atoms with Gasteiger partial charge >= 0.3 is 6.03 Å². The molecule has 1 atom stereocenters. The van der Waals surface area contributed by atoms with Crippen LogP contribution >= 0.6 is 0 Å². The summed E-state index contributed by atoms with van der Waals surface area (Å²) in [5.74, 6) is 0.435. The van der Waals surface area contributed by atoms with E-state index in [4.69, 9.17) is 4.74 Å². The van der Waals surface area contributed by atoms with Crippen molar-refractivity contribution in [2.75, 3.05) is 39.9 Å². The zero-order valence-corrected chi connectivity index (χ0v) is 22.3. The van der Waals surface area contributed by atoms with E-state index in [1.807, 2.05) is 25.3 Å². The van der Waals surface area contributed by atoms with Gasteiger partial charge in [-0.1, -0.05) is 0 Å². The van der Waals surface area contributed by atoms with E-state index in [1.165, 1.54) is 5.57 Å². The van der Waals surface area contributed by atoms with Gasteiger partial charge in [0.25, 0.3) is 0 Å². The minimum absolute atomic E-state index is 0.0120. The lowest BCUT2D eigenvalue weighted by molar-refractivity contribution is 0.0798. The highest BCUT2D eigenvalue weighted by Crippen LogP contribution is 2.41. The number of pyridine rings is 1. The number of urea groups is 1. The topological polar surface area (TPSA) is 117 Å². The lowest BCUT2D eigenvalue weighted by Crippen LogP contribution is -2.48. The Labute approximate surface area is 224 Å². The van der Waals surface area contributed by atoms with Crippen molar-refractivity contribution in [2.45, 2.75) is 57.4 Å². The van der Waals surface area contributed by atoms with Gasteiger partial charge < -0.3 is 25.2 Å². The van der Waals surface area contributed by atoms with Gasteiger partial charge in [-0.3, -0.25) is 10.4 Å². The zero-order chi connectivity index (χ0) is 26.6. The average molecular weight is 516 g/mol. The molecule has 1 aliphatic carbocycles. The molecule has 9 nitrogen and oxygen atoms in total. The number of nitrogens with one attached hydrogen (secondary N) is 3. The van der Waals surface area contributed by atoms with Gasteiger partial charge in [0.15, 0.2) is 0 Å². The Hall–Kier alpha value is -3.64. The molecule has 2 amide bonds. The quantitative estimate of drug-likeness (QED) is 0.416. The first-order valence-corrected chi connectivity index (χ1v) is 13.6. The van der Waals surface area contributed by atoms with Crippen molar-refractivity contribution in [3.05, 3.63) is 63.8 Å². The van der Waals surface area contributed by atoms with Crippen molar-refractivity contribution in [1.29, 1.82) is 10.7 Å². The number of nitrogens with zero attached hydrogens (tertiary/aromatic N) is 4. The number of hydrogen-bond donors (Lipinski definition) is 3. The van der Waals surface area contributed by atoms with Crippen LogP contribution in [0, 0.1) is 23.7 Å². The summed E-state index contributed by atoms with van der Waals surface area (Å²) in [6.45, 7) is 5.18. The van der Waals surface area contributed by atoms with Gasteiger partial charge in [-0.25, -0.2) is 4.79 Å². The third-order valence-corrected chi connectivity index (χ3v) is 8.09. The average Bonchev–Trinajstić information content (AvgIpc) is 2.96. The maximum absolute atomic E-state index is 12.5. The van der Waals surface area contributed by atoms with Crippen LogP contribution in [0.4, 0.5) is 4.79 Å². The van der Waals surface area contributed by atoms with E-state index >= 15 is 0 Å². The summed E-state index contributed by atoms with van der Waals surface area (Å²) >= 11 is 0. The molecular weight excluding hydrogens is 478 g/mol. The number of amidine groups is 1. The zero-order valence-electron chi connectivity index (χ0n) is 22.3. The van der Waals surface area contributed by atoms with E-state index in [1.54, 1.807) is 11.9 Å². The predicted molar refractivity (Wildman–Crippen MR) is 145 cm³/mol. The van der Waals surface area contributed by atoms with Crippen LogP contribution in [-0.4, -0.2) is 72.6 Å². The number of rotatable bonds is 4. The Balaban J connectivity index is 1.46. The fourth-order valence-electron chi connectivity index (χ4n) is 6.03. The minimum atomic E-state index is -0.126. The molecule has 1 saturated heterocycles. The van der Waals surface area contributed by atoms with Crippen molar-refractivity contribution in [3.63, 3.8) is 0 Å². The number of carbonyl (C=O) groups is 1. The summed E-state index contributed by atoms with van der Waals surface area (Å²) in [5.41, 5.74) is 6.97. The molecule has 3 aliphatic heterocycles. The second-order valence-corrected chi connectivity index (χ2v) is 10.5. The van der Waals surface area contributed by atoms with E-state index < -0.39 is 0 Å². The van der Waals surface area contributed by atoms with Gasteiger partial charge in [0.05, 0.1) is 12.6 Å². The molecule has 1 aromatic rings. The number of amides is 2. The molecule has 200 valence electrons. The largest absolute Gasteiger partial charge is 0.385 e. The number of ether oxygens (including phenoxy) is 1. The van der Waals surface area contributed by atoms with E-state index in [-0.39, 0.29) is 11.9 Å². The van der Waals surface area contributed by atoms with Crippen LogP contribution < -0.4 is 10.6 Å². The fourth-order valence-corrected chi connectivity index (χ4v) is 6.03. The number of aryl methyl sites for hydroxylation is 1. The van der Waals surface area contributed by atoms with Gasteiger partial charge in [-0.15, -0.1) is 0 Å². The highest BCUT2D eigenvalue weighted by molar-refractivity contribution is 5.99. The third kappa shape index (κ3) is 5.32. The molecule has 4 heterocycles. The number of allylic oxidation sites excluding steroid dienone is 3. The molecule has 0 spiro atoms. The SMILES string of the molecule is CNC(=O)N1CCC(NC2CCOCC2)=C(C(=N)N2CCCC3=C2C=C(C#N)C(c2ccnc(C)c2)C3)C1. The van der Waals surface area contributed by atoms with E-state index in [0.717, 1.165) is 85.7 Å². The van der Waals surface area contributed by atoms with Crippen LogP contribution in [0.3, 0.4) is 0 Å². The van der Waals surface area contributed by atoms with Crippen LogP contribution in [0.2, 0.25) is 0 Å². The predicted octanol–water partition coefficient (Wildman–Crippen LogP) is 3.72. The first kappa shape index (κ1) is 26.0. The minimum Gasteiger partial charge on any atom is -0.385 e. The van der Waals surface area contributed by atoms with E-state index in [0.29, 0.717) is 31.4 Å². The van der Waals surface area contributed by atoms with Crippen LogP contribution in [0.1, 0.15) is 55.7 Å². The Morgan fingerprint density at radius 1 is 1.26 bits per heavy atom. The van der Waals surface area contributed by atoms with Gasteiger partial charge in [0.2, 0.25) is 0 Å². The molecule has 1 unspecified atom stereocenters. The van der Waals surface area contributed by atoms with Crippen molar-refractivity contribution in [3.8, 4) is 6.07 Å². The number of carbonyl (C=O) groups excluding carboxylic acids is 1. The molecule has 1 aromatic heterocycles. The molecule has 0 bridgehead atoms. The van der Waals surface area contributed by atoms with Crippen LogP contribution in [0.15, 0.2) is 52.5 Å². The van der Waals surface area contributed by atoms with Gasteiger partial charge in [-0.2, -0.15) is 5.26 Å². The molecule has 0 radical (unpaired) electrons. The molecule has 9 heteroatoms. The Kier molecular flexibility index (Phi) is 7.79. The first-order valence-electron chi connectivity index (χ1n) is 13.6. The maximum atomic E-state index is 12.5. The Morgan fingerprint density at radius 3 is 2.82 bits per heavy atom. The van der Waals surface area contributed by atoms with Gasteiger partial charge in [0.1, 0.15) is 5.84 Å². The maximum Gasteiger partial charge on any atom is 0.317 e. The van der Waals surface area contributed by atoms with Crippen LogP contribution in [-0.2, 0) is 4.74 Å². The summed E-state index contributed by atoms with van der Waals surface area (Å²) in [7, 11) is 1.64. The Morgan fingerprint density at radius 2 is 2.08 bits per heavy atom.